The molecule has 0 saturated heterocycles. The zero-order valence-corrected chi connectivity index (χ0v) is 22.5. The van der Waals surface area contributed by atoms with Crippen molar-refractivity contribution in [1.29, 1.82) is 0 Å². The molecule has 0 aliphatic rings. The molecule has 0 unspecified atom stereocenters. The van der Waals surface area contributed by atoms with Gasteiger partial charge in [0.2, 0.25) is 0 Å². The maximum Gasteiger partial charge on any atom is 0.268 e. The van der Waals surface area contributed by atoms with Crippen molar-refractivity contribution in [1.82, 2.24) is 20.4 Å². The van der Waals surface area contributed by atoms with Gasteiger partial charge in [0, 0.05) is 22.1 Å². The molecule has 0 aliphatic heterocycles. The minimum absolute atomic E-state index is 0.107. The van der Waals surface area contributed by atoms with Crippen molar-refractivity contribution in [3.05, 3.63) is 148 Å². The summed E-state index contributed by atoms with van der Waals surface area (Å²) in [5.74, 6) is -0.802. The SMILES string of the molecule is O=C(NCc1ccccc1)C(=Cc1cc(-c2ccccc2)nn1-c1ccccc1)NC(=O)c1ccc(Br)cc1. The van der Waals surface area contributed by atoms with E-state index in [0.717, 1.165) is 27.0 Å². The Labute approximate surface area is 235 Å². The monoisotopic (exact) mass is 576 g/mol. The number of halogens is 1. The summed E-state index contributed by atoms with van der Waals surface area (Å²) < 4.78 is 2.62. The van der Waals surface area contributed by atoms with Crippen molar-refractivity contribution in [3.8, 4) is 16.9 Å². The van der Waals surface area contributed by atoms with Crippen molar-refractivity contribution in [2.24, 2.45) is 0 Å². The van der Waals surface area contributed by atoms with Crippen LogP contribution in [0.1, 0.15) is 21.6 Å². The lowest BCUT2D eigenvalue weighted by atomic mass is 10.1. The molecule has 5 rings (SSSR count). The number of hydrogen-bond donors (Lipinski definition) is 2. The largest absolute Gasteiger partial charge is 0.347 e. The summed E-state index contributed by atoms with van der Waals surface area (Å²) in [7, 11) is 0. The zero-order valence-electron chi connectivity index (χ0n) is 20.9. The fraction of sp³-hybridized carbons (Fsp3) is 0.0312. The molecule has 5 aromatic rings. The van der Waals surface area contributed by atoms with E-state index < -0.39 is 11.8 Å². The Morgan fingerprint density at radius 3 is 2.08 bits per heavy atom. The van der Waals surface area contributed by atoms with Crippen molar-refractivity contribution in [2.75, 3.05) is 0 Å². The van der Waals surface area contributed by atoms with Gasteiger partial charge in [-0.3, -0.25) is 9.59 Å². The van der Waals surface area contributed by atoms with E-state index in [9.17, 15) is 9.59 Å². The van der Waals surface area contributed by atoms with Gasteiger partial charge in [-0.25, -0.2) is 4.68 Å². The first-order chi connectivity index (χ1) is 19.1. The van der Waals surface area contributed by atoms with Gasteiger partial charge in [-0.2, -0.15) is 5.10 Å². The summed E-state index contributed by atoms with van der Waals surface area (Å²) in [6.45, 7) is 0.318. The molecular formula is C32H25BrN4O2. The summed E-state index contributed by atoms with van der Waals surface area (Å²) in [6.07, 6.45) is 1.66. The van der Waals surface area contributed by atoms with Gasteiger partial charge in [0.15, 0.2) is 0 Å². The van der Waals surface area contributed by atoms with Crippen LogP contribution in [0.25, 0.3) is 23.0 Å². The molecule has 0 fully saturated rings. The van der Waals surface area contributed by atoms with Crippen LogP contribution < -0.4 is 10.6 Å². The highest BCUT2D eigenvalue weighted by molar-refractivity contribution is 9.10. The van der Waals surface area contributed by atoms with Crippen molar-refractivity contribution < 1.29 is 9.59 Å². The van der Waals surface area contributed by atoms with E-state index in [1.807, 2.05) is 97.1 Å². The number of rotatable bonds is 8. The normalized spacial score (nSPS) is 11.2. The standard InChI is InChI=1S/C32H25BrN4O2/c33-26-18-16-25(17-19-26)31(38)35-30(32(39)34-22-23-10-4-1-5-11-23)21-28-20-29(24-12-6-2-7-13-24)36-37(28)27-14-8-3-9-15-27/h1-21H,22H2,(H,34,39)(H,35,38). The van der Waals surface area contributed by atoms with Crippen molar-refractivity contribution in [3.63, 3.8) is 0 Å². The average Bonchev–Trinajstić information content (AvgIpc) is 3.41. The highest BCUT2D eigenvalue weighted by Gasteiger charge is 2.18. The Morgan fingerprint density at radius 2 is 1.41 bits per heavy atom. The van der Waals surface area contributed by atoms with E-state index in [2.05, 4.69) is 26.6 Å². The van der Waals surface area contributed by atoms with Gasteiger partial charge in [-0.1, -0.05) is 94.8 Å². The molecule has 7 heteroatoms. The molecule has 0 saturated carbocycles. The second kappa shape index (κ2) is 12.2. The third-order valence-corrected chi connectivity index (χ3v) is 6.52. The Morgan fingerprint density at radius 1 is 0.795 bits per heavy atom. The summed E-state index contributed by atoms with van der Waals surface area (Å²) in [4.78, 5) is 26.6. The Balaban J connectivity index is 1.54. The minimum Gasteiger partial charge on any atom is -0.347 e. The second-order valence-electron chi connectivity index (χ2n) is 8.76. The van der Waals surface area contributed by atoms with Gasteiger partial charge >= 0.3 is 0 Å². The Kier molecular flexibility index (Phi) is 8.09. The number of carbonyl (C=O) groups excluding carboxylic acids is 2. The van der Waals surface area contributed by atoms with Gasteiger partial charge < -0.3 is 10.6 Å². The number of amides is 2. The van der Waals surface area contributed by atoms with Gasteiger partial charge in [-0.15, -0.1) is 0 Å². The lowest BCUT2D eigenvalue weighted by Gasteiger charge is -2.12. The van der Waals surface area contributed by atoms with Crippen LogP contribution in [-0.4, -0.2) is 21.6 Å². The first-order valence-corrected chi connectivity index (χ1v) is 13.2. The fourth-order valence-corrected chi connectivity index (χ4v) is 4.26. The molecular weight excluding hydrogens is 552 g/mol. The molecule has 2 N–H and O–H groups in total. The van der Waals surface area contributed by atoms with Crippen molar-refractivity contribution in [2.45, 2.75) is 6.54 Å². The molecule has 0 radical (unpaired) electrons. The smallest absolute Gasteiger partial charge is 0.268 e. The van der Waals surface area contributed by atoms with Gasteiger partial charge in [0.1, 0.15) is 5.70 Å². The molecule has 0 aliphatic carbocycles. The van der Waals surface area contributed by atoms with Crippen LogP contribution in [0, 0.1) is 0 Å². The maximum absolute atomic E-state index is 13.4. The number of aromatic nitrogens is 2. The van der Waals surface area contributed by atoms with E-state index in [-0.39, 0.29) is 5.70 Å². The zero-order chi connectivity index (χ0) is 27.0. The number of para-hydroxylation sites is 1. The highest BCUT2D eigenvalue weighted by atomic mass is 79.9. The predicted molar refractivity (Wildman–Crippen MR) is 157 cm³/mol. The summed E-state index contributed by atoms with van der Waals surface area (Å²) in [5.41, 5.74) is 4.64. The number of benzene rings is 4. The Hall–Kier alpha value is -4.75. The molecule has 2 amide bonds. The molecule has 0 spiro atoms. The van der Waals surface area contributed by atoms with Crippen molar-refractivity contribution >= 4 is 33.8 Å². The lowest BCUT2D eigenvalue weighted by Crippen LogP contribution is -2.34. The van der Waals surface area contributed by atoms with E-state index in [0.29, 0.717) is 17.8 Å². The number of nitrogens with one attached hydrogen (secondary N) is 2. The van der Waals surface area contributed by atoms with Crippen LogP contribution >= 0.6 is 15.9 Å². The molecule has 0 bridgehead atoms. The van der Waals surface area contributed by atoms with Crippen LogP contribution in [0.5, 0.6) is 0 Å². The Bertz CT molecular complexity index is 1600. The maximum atomic E-state index is 13.4. The topological polar surface area (TPSA) is 76.0 Å². The van der Waals surface area contributed by atoms with Crippen LogP contribution in [0.2, 0.25) is 0 Å². The van der Waals surface area contributed by atoms with E-state index in [1.54, 1.807) is 35.0 Å². The number of nitrogens with zero attached hydrogens (tertiary/aromatic N) is 2. The van der Waals surface area contributed by atoms with Gasteiger partial charge in [0.05, 0.1) is 17.1 Å². The second-order valence-corrected chi connectivity index (χ2v) is 9.67. The third kappa shape index (κ3) is 6.58. The van der Waals surface area contributed by atoms with Crippen LogP contribution in [0.3, 0.4) is 0 Å². The molecule has 39 heavy (non-hydrogen) atoms. The van der Waals surface area contributed by atoms with Crippen LogP contribution in [0.4, 0.5) is 0 Å². The minimum atomic E-state index is -0.411. The average molecular weight is 577 g/mol. The summed E-state index contributed by atoms with van der Waals surface area (Å²) >= 11 is 3.39. The first kappa shape index (κ1) is 25.9. The first-order valence-electron chi connectivity index (χ1n) is 12.4. The number of carbonyl (C=O) groups is 2. The molecule has 6 nitrogen and oxygen atoms in total. The third-order valence-electron chi connectivity index (χ3n) is 5.99. The summed E-state index contributed by atoms with van der Waals surface area (Å²) in [5, 5.41) is 10.6. The van der Waals surface area contributed by atoms with Crippen LogP contribution in [-0.2, 0) is 11.3 Å². The quantitative estimate of drug-likeness (QED) is 0.210. The van der Waals surface area contributed by atoms with E-state index in [1.165, 1.54) is 0 Å². The molecule has 192 valence electrons. The van der Waals surface area contributed by atoms with E-state index in [4.69, 9.17) is 5.10 Å². The van der Waals surface area contributed by atoms with Crippen LogP contribution in [0.15, 0.2) is 131 Å². The molecule has 1 aromatic heterocycles. The van der Waals surface area contributed by atoms with Gasteiger partial charge in [0.25, 0.3) is 11.8 Å². The number of hydrogen-bond acceptors (Lipinski definition) is 3. The lowest BCUT2D eigenvalue weighted by molar-refractivity contribution is -0.117. The highest BCUT2D eigenvalue weighted by Crippen LogP contribution is 2.23. The summed E-state index contributed by atoms with van der Waals surface area (Å²) in [6, 6.07) is 37.9. The molecule has 1 heterocycles. The fourth-order valence-electron chi connectivity index (χ4n) is 4.00. The molecule has 4 aromatic carbocycles. The predicted octanol–water partition coefficient (Wildman–Crippen LogP) is 6.39. The molecule has 0 atom stereocenters. The van der Waals surface area contributed by atoms with E-state index >= 15 is 0 Å². The van der Waals surface area contributed by atoms with Gasteiger partial charge in [-0.05, 0) is 54.1 Å².